The smallest absolute Gasteiger partial charge is 0.335 e. The third-order valence-corrected chi connectivity index (χ3v) is 4.98. The van der Waals surface area contributed by atoms with Crippen molar-refractivity contribution in [3.8, 4) is 23.0 Å². The Labute approximate surface area is 214 Å². The van der Waals surface area contributed by atoms with Crippen molar-refractivity contribution in [2.75, 3.05) is 0 Å². The molecule has 2 aromatic rings. The summed E-state index contributed by atoms with van der Waals surface area (Å²) in [6, 6.07) is 9.51. The molecular formula is C29H26O8. The summed E-state index contributed by atoms with van der Waals surface area (Å²) >= 11 is 0. The third-order valence-electron chi connectivity index (χ3n) is 4.98. The molecule has 0 atom stereocenters. The van der Waals surface area contributed by atoms with Gasteiger partial charge in [-0.3, -0.25) is 0 Å². The van der Waals surface area contributed by atoms with Crippen LogP contribution in [0.5, 0.6) is 23.0 Å². The molecule has 0 radical (unpaired) electrons. The Kier molecular flexibility index (Phi) is 10.1. The predicted molar refractivity (Wildman–Crippen MR) is 139 cm³/mol. The second-order valence-corrected chi connectivity index (χ2v) is 7.28. The first-order chi connectivity index (χ1) is 17.7. The van der Waals surface area contributed by atoms with Crippen molar-refractivity contribution in [3.05, 3.63) is 98.1 Å². The Morgan fingerprint density at radius 3 is 1.35 bits per heavy atom. The number of carbonyl (C=O) groups excluding carboxylic acids is 4. The number of hydrogen-bond acceptors (Lipinski definition) is 8. The first-order valence-electron chi connectivity index (χ1n) is 11.0. The van der Waals surface area contributed by atoms with Crippen LogP contribution in [0.15, 0.2) is 87.0 Å². The standard InChI is InChI=1S/C29H26O8/c1-7-21(20-13-15-23(35-27(31)9-3)25(17-20)37-29(33)11-5)18(6)19-12-14-22(34-26(30)8-2)24(16-19)36-28(32)10-4/h8-17H,2-5,7H2,1,6H3/b21-18+. The number of esters is 4. The molecule has 0 heterocycles. The zero-order valence-electron chi connectivity index (χ0n) is 20.6. The summed E-state index contributed by atoms with van der Waals surface area (Å²) in [5.74, 6) is -2.81. The van der Waals surface area contributed by atoms with Crippen LogP contribution in [-0.4, -0.2) is 23.9 Å². The summed E-state index contributed by atoms with van der Waals surface area (Å²) < 4.78 is 20.9. The Bertz CT molecular complexity index is 1310. The normalized spacial score (nSPS) is 10.8. The van der Waals surface area contributed by atoms with Crippen LogP contribution in [0, 0.1) is 0 Å². The summed E-state index contributed by atoms with van der Waals surface area (Å²) in [6.07, 6.45) is 4.50. The highest BCUT2D eigenvalue weighted by Gasteiger charge is 2.17. The third kappa shape index (κ3) is 7.50. The largest absolute Gasteiger partial charge is 0.419 e. The van der Waals surface area contributed by atoms with Gasteiger partial charge in [-0.15, -0.1) is 0 Å². The maximum atomic E-state index is 11.9. The fourth-order valence-corrected chi connectivity index (χ4v) is 3.23. The Balaban J connectivity index is 2.63. The summed E-state index contributed by atoms with van der Waals surface area (Å²) in [6.45, 7) is 17.3. The molecule has 0 bridgehead atoms. The molecule has 37 heavy (non-hydrogen) atoms. The Morgan fingerprint density at radius 1 is 0.622 bits per heavy atom. The van der Waals surface area contributed by atoms with Crippen LogP contribution >= 0.6 is 0 Å². The monoisotopic (exact) mass is 502 g/mol. The average molecular weight is 503 g/mol. The lowest BCUT2D eigenvalue weighted by Crippen LogP contribution is -2.09. The van der Waals surface area contributed by atoms with E-state index >= 15 is 0 Å². The van der Waals surface area contributed by atoms with E-state index < -0.39 is 23.9 Å². The second kappa shape index (κ2) is 13.2. The van der Waals surface area contributed by atoms with Gasteiger partial charge in [-0.05, 0) is 59.9 Å². The second-order valence-electron chi connectivity index (χ2n) is 7.28. The number of rotatable bonds is 11. The summed E-state index contributed by atoms with van der Waals surface area (Å²) in [5, 5.41) is 0. The molecule has 0 N–H and O–H groups in total. The van der Waals surface area contributed by atoms with Crippen molar-refractivity contribution < 1.29 is 38.1 Å². The van der Waals surface area contributed by atoms with Gasteiger partial charge in [0.05, 0.1) is 0 Å². The van der Waals surface area contributed by atoms with Crippen molar-refractivity contribution in [1.29, 1.82) is 0 Å². The molecule has 0 aliphatic heterocycles. The zero-order valence-corrected chi connectivity index (χ0v) is 20.6. The molecule has 0 amide bonds. The van der Waals surface area contributed by atoms with E-state index in [1.54, 1.807) is 24.3 Å². The molecule has 0 unspecified atom stereocenters. The molecule has 8 heteroatoms. The van der Waals surface area contributed by atoms with Crippen LogP contribution in [0.3, 0.4) is 0 Å². The molecule has 0 saturated carbocycles. The maximum absolute atomic E-state index is 11.9. The van der Waals surface area contributed by atoms with E-state index in [4.69, 9.17) is 18.9 Å². The minimum absolute atomic E-state index is 0.0136. The van der Waals surface area contributed by atoms with Gasteiger partial charge in [0.2, 0.25) is 0 Å². The number of hydrogen-bond donors (Lipinski definition) is 0. The van der Waals surface area contributed by atoms with E-state index in [1.165, 1.54) is 12.1 Å². The number of ether oxygens (including phenoxy) is 4. The highest BCUT2D eigenvalue weighted by atomic mass is 16.6. The SMILES string of the molecule is C=CC(=O)Oc1ccc(/C(C)=C(\CC)c2ccc(OC(=O)C=C)c(OC(=O)C=C)c2)cc1OC(=O)C=C. The fraction of sp³-hybridized carbons (Fsp3) is 0.103. The first-order valence-corrected chi connectivity index (χ1v) is 11.0. The summed E-state index contributed by atoms with van der Waals surface area (Å²) in [5.41, 5.74) is 2.97. The quantitative estimate of drug-likeness (QED) is 0.174. The predicted octanol–water partition coefficient (Wildman–Crippen LogP) is 5.39. The lowest BCUT2D eigenvalue weighted by atomic mass is 9.93. The van der Waals surface area contributed by atoms with E-state index in [-0.39, 0.29) is 23.0 Å². The molecule has 0 spiro atoms. The van der Waals surface area contributed by atoms with Gasteiger partial charge in [-0.2, -0.15) is 0 Å². The van der Waals surface area contributed by atoms with Crippen LogP contribution in [-0.2, 0) is 19.2 Å². The van der Waals surface area contributed by atoms with Gasteiger partial charge in [0.1, 0.15) is 0 Å². The Hall–Kier alpha value is -4.98. The van der Waals surface area contributed by atoms with Crippen LogP contribution < -0.4 is 18.9 Å². The maximum Gasteiger partial charge on any atom is 0.335 e. The molecular weight excluding hydrogens is 476 g/mol. The number of carbonyl (C=O) groups is 4. The van der Waals surface area contributed by atoms with Crippen molar-refractivity contribution >= 4 is 35.0 Å². The van der Waals surface area contributed by atoms with Gasteiger partial charge in [-0.1, -0.05) is 45.4 Å². The van der Waals surface area contributed by atoms with E-state index in [9.17, 15) is 19.2 Å². The molecule has 0 saturated heterocycles. The van der Waals surface area contributed by atoms with Gasteiger partial charge in [0.25, 0.3) is 0 Å². The van der Waals surface area contributed by atoms with Gasteiger partial charge < -0.3 is 18.9 Å². The van der Waals surface area contributed by atoms with Crippen LogP contribution in [0.1, 0.15) is 31.4 Å². The van der Waals surface area contributed by atoms with Gasteiger partial charge >= 0.3 is 23.9 Å². The van der Waals surface area contributed by atoms with Crippen molar-refractivity contribution in [3.63, 3.8) is 0 Å². The molecule has 0 aliphatic rings. The number of allylic oxidation sites excluding steroid dienone is 2. The average Bonchev–Trinajstić information content (AvgIpc) is 2.90. The van der Waals surface area contributed by atoms with E-state index in [1.807, 2.05) is 13.8 Å². The van der Waals surface area contributed by atoms with Crippen LogP contribution in [0.25, 0.3) is 11.1 Å². The molecule has 0 aromatic heterocycles. The molecule has 8 nitrogen and oxygen atoms in total. The van der Waals surface area contributed by atoms with Gasteiger partial charge in [0.15, 0.2) is 23.0 Å². The first kappa shape index (κ1) is 28.3. The number of benzene rings is 2. The minimum Gasteiger partial charge on any atom is -0.419 e. The summed E-state index contributed by atoms with van der Waals surface area (Å²) in [7, 11) is 0. The highest BCUT2D eigenvalue weighted by Crippen LogP contribution is 2.38. The van der Waals surface area contributed by atoms with E-state index in [0.717, 1.165) is 35.5 Å². The molecule has 2 rings (SSSR count). The minimum atomic E-state index is -0.733. The summed E-state index contributed by atoms with van der Waals surface area (Å²) in [4.78, 5) is 47.1. The topological polar surface area (TPSA) is 105 Å². The molecule has 0 fully saturated rings. The molecule has 0 aliphatic carbocycles. The van der Waals surface area contributed by atoms with Crippen LogP contribution in [0.4, 0.5) is 0 Å². The van der Waals surface area contributed by atoms with Crippen molar-refractivity contribution in [2.45, 2.75) is 20.3 Å². The van der Waals surface area contributed by atoms with Crippen molar-refractivity contribution in [1.82, 2.24) is 0 Å². The lowest BCUT2D eigenvalue weighted by Gasteiger charge is -2.16. The van der Waals surface area contributed by atoms with Gasteiger partial charge in [-0.25, -0.2) is 19.2 Å². The Morgan fingerprint density at radius 2 is 0.973 bits per heavy atom. The van der Waals surface area contributed by atoms with E-state index in [0.29, 0.717) is 17.5 Å². The molecule has 2 aromatic carbocycles. The van der Waals surface area contributed by atoms with E-state index in [2.05, 4.69) is 26.3 Å². The van der Waals surface area contributed by atoms with Gasteiger partial charge in [0, 0.05) is 24.3 Å². The fourth-order valence-electron chi connectivity index (χ4n) is 3.23. The highest BCUT2D eigenvalue weighted by molar-refractivity contribution is 5.93. The zero-order chi connectivity index (χ0) is 27.5. The van der Waals surface area contributed by atoms with Crippen LogP contribution in [0.2, 0.25) is 0 Å². The van der Waals surface area contributed by atoms with Crippen molar-refractivity contribution in [2.24, 2.45) is 0 Å². The molecule has 190 valence electrons. The lowest BCUT2D eigenvalue weighted by molar-refractivity contribution is -0.131.